The molecule has 0 atom stereocenters. The molecule has 0 N–H and O–H groups in total. The zero-order valence-corrected chi connectivity index (χ0v) is 23.4. The Bertz CT molecular complexity index is 523. The first-order chi connectivity index (χ1) is 16.9. The van der Waals surface area contributed by atoms with Gasteiger partial charge in [0.1, 0.15) is 0 Å². The second-order valence-corrected chi connectivity index (χ2v) is 11.6. The molecule has 35 heavy (non-hydrogen) atoms. The molecule has 4 aliphatic rings. The molecule has 0 aromatic carbocycles. The van der Waals surface area contributed by atoms with E-state index in [0.29, 0.717) is 0 Å². The summed E-state index contributed by atoms with van der Waals surface area (Å²) in [5, 5.41) is 0. The van der Waals surface area contributed by atoms with E-state index in [1.807, 2.05) is 0 Å². The Hall–Kier alpha value is -0.746. The van der Waals surface area contributed by atoms with Crippen LogP contribution in [-0.4, -0.2) is 38.2 Å². The van der Waals surface area contributed by atoms with Gasteiger partial charge in [-0.15, -0.1) is 0 Å². The van der Waals surface area contributed by atoms with E-state index in [1.54, 1.807) is 0 Å². The maximum absolute atomic E-state index is 4.36. The van der Waals surface area contributed by atoms with Crippen LogP contribution in [0.4, 0.5) is 0 Å². The summed E-state index contributed by atoms with van der Waals surface area (Å²) < 4.78 is 0. The Morgan fingerprint density at radius 3 is 0.743 bits per heavy atom. The van der Waals surface area contributed by atoms with Crippen LogP contribution >= 0.6 is 0 Å². The van der Waals surface area contributed by atoms with Crippen molar-refractivity contribution in [3.8, 4) is 0 Å². The summed E-state index contributed by atoms with van der Waals surface area (Å²) in [6, 6.07) is 5.86. The topological polar surface area (TPSA) is 49.4 Å². The van der Waals surface area contributed by atoms with E-state index >= 15 is 0 Å². The summed E-state index contributed by atoms with van der Waals surface area (Å²) in [6.07, 6.45) is 27.9. The molecule has 0 aliphatic heterocycles. The Labute approximate surface area is 226 Å². The Balaban J connectivity index is 0.000000240. The average Bonchev–Trinajstić information content (AvgIpc) is 2.91. The van der Waals surface area contributed by atoms with Crippen molar-refractivity contribution in [1.29, 1.82) is 0 Å². The average molecular weight is 527 g/mol. The van der Waals surface area contributed by atoms with Crippen LogP contribution in [0.3, 0.4) is 0 Å². The van der Waals surface area contributed by atoms with Crippen molar-refractivity contribution in [3.05, 3.63) is 0 Å². The zero-order valence-electron chi connectivity index (χ0n) is 22.4. The van der Waals surface area contributed by atoms with E-state index in [0.717, 1.165) is 49.9 Å². The molecule has 4 saturated carbocycles. The van der Waals surface area contributed by atoms with E-state index in [2.05, 4.69) is 32.0 Å². The van der Waals surface area contributed by atoms with Crippen LogP contribution < -0.4 is 0 Å². The number of hydrogen-bond donors (Lipinski definition) is 0. The maximum atomic E-state index is 4.36. The fourth-order valence-electron chi connectivity index (χ4n) is 6.26. The minimum absolute atomic E-state index is 0. The molecule has 4 fully saturated rings. The smallest absolute Gasteiger partial charge is 0.225 e. The van der Waals surface area contributed by atoms with Crippen molar-refractivity contribution in [2.75, 3.05) is 26.2 Å². The monoisotopic (exact) mass is 526 g/mol. The molecule has 4 rings (SSSR count). The molecule has 200 valence electrons. The predicted octanol–water partition coefficient (Wildman–Crippen LogP) is 8.64. The van der Waals surface area contributed by atoms with Crippen molar-refractivity contribution >= 4 is 12.0 Å². The van der Waals surface area contributed by atoms with Crippen LogP contribution in [0.5, 0.6) is 0 Å². The van der Waals surface area contributed by atoms with Crippen LogP contribution in [0.2, 0.25) is 0 Å². The third kappa shape index (κ3) is 14.5. The Kier molecular flexibility index (Phi) is 17.7. The van der Waals surface area contributed by atoms with E-state index in [9.17, 15) is 0 Å². The Morgan fingerprint density at radius 2 is 0.543 bits per heavy atom. The summed E-state index contributed by atoms with van der Waals surface area (Å²) >= 11 is 0. The molecule has 4 aliphatic carbocycles. The van der Waals surface area contributed by atoms with Gasteiger partial charge in [0.2, 0.25) is 0 Å². The number of rotatable bonds is 8. The van der Waals surface area contributed by atoms with E-state index in [1.165, 1.54) is 128 Å². The van der Waals surface area contributed by atoms with Gasteiger partial charge in [0.15, 0.2) is 0 Å². The minimum Gasteiger partial charge on any atom is -0.225 e. The molecule has 0 unspecified atom stereocenters. The first-order valence-corrected chi connectivity index (χ1v) is 15.1. The van der Waals surface area contributed by atoms with Crippen molar-refractivity contribution in [2.45, 2.75) is 128 Å². The molecule has 0 heterocycles. The molecule has 0 saturated heterocycles. The number of aliphatic imine (C=N–C) groups is 4. The van der Waals surface area contributed by atoms with Gasteiger partial charge in [0.25, 0.3) is 0 Å². The predicted molar refractivity (Wildman–Crippen MR) is 145 cm³/mol. The number of hydrogen-bond acceptors (Lipinski definition) is 4. The van der Waals surface area contributed by atoms with Gasteiger partial charge in [0, 0.05) is 0 Å². The molecule has 0 spiro atoms. The molecule has 0 amide bonds. The summed E-state index contributed by atoms with van der Waals surface area (Å²) in [7, 11) is 0. The molecular formula is C30H52N4Ni+2. The van der Waals surface area contributed by atoms with Crippen LogP contribution in [0.25, 0.3) is 0 Å². The quantitative estimate of drug-likeness (QED) is 0.224. The third-order valence-corrected chi connectivity index (χ3v) is 8.58. The van der Waals surface area contributed by atoms with Gasteiger partial charge >= 0.3 is 16.5 Å². The molecule has 5 heteroatoms. The standard InChI is InChI=1S/2C15H26N2.Ni/c2*1-3-7-14(8-4-1)11-16-13-17-12-15-9-5-2-6-10-15;/h2*14-15H,1-12H2;/q;;+2. The van der Waals surface area contributed by atoms with Gasteiger partial charge < -0.3 is 0 Å². The van der Waals surface area contributed by atoms with Crippen molar-refractivity contribution in [2.24, 2.45) is 43.6 Å². The van der Waals surface area contributed by atoms with E-state index in [-0.39, 0.29) is 16.5 Å². The van der Waals surface area contributed by atoms with Crippen molar-refractivity contribution < 1.29 is 16.5 Å². The van der Waals surface area contributed by atoms with E-state index in [4.69, 9.17) is 0 Å². The number of nitrogens with zero attached hydrogens (tertiary/aromatic N) is 4. The van der Waals surface area contributed by atoms with Gasteiger partial charge in [-0.25, -0.2) is 20.0 Å². The summed E-state index contributed by atoms with van der Waals surface area (Å²) in [5.41, 5.74) is 0. The van der Waals surface area contributed by atoms with Gasteiger partial charge in [-0.2, -0.15) is 0 Å². The normalized spacial score (nSPS) is 22.4. The van der Waals surface area contributed by atoms with E-state index < -0.39 is 0 Å². The first-order valence-electron chi connectivity index (χ1n) is 15.1. The summed E-state index contributed by atoms with van der Waals surface area (Å²) in [6.45, 7) is 3.87. The molecular weight excluding hydrogens is 475 g/mol. The second-order valence-electron chi connectivity index (χ2n) is 11.6. The second kappa shape index (κ2) is 20.3. The van der Waals surface area contributed by atoms with Crippen LogP contribution in [0, 0.1) is 23.7 Å². The zero-order chi connectivity index (χ0) is 23.5. The first kappa shape index (κ1) is 30.5. The largest absolute Gasteiger partial charge is 2.00 e. The molecule has 0 aromatic rings. The summed E-state index contributed by atoms with van der Waals surface area (Å²) in [4.78, 5) is 17.5. The molecule has 0 radical (unpaired) electrons. The fourth-order valence-corrected chi connectivity index (χ4v) is 6.26. The van der Waals surface area contributed by atoms with Crippen LogP contribution in [0.15, 0.2) is 20.0 Å². The van der Waals surface area contributed by atoms with Crippen LogP contribution in [0.1, 0.15) is 128 Å². The van der Waals surface area contributed by atoms with Crippen molar-refractivity contribution in [3.63, 3.8) is 0 Å². The van der Waals surface area contributed by atoms with Gasteiger partial charge in [-0.05, 0) is 75.0 Å². The van der Waals surface area contributed by atoms with Gasteiger partial charge in [0.05, 0.1) is 38.2 Å². The minimum atomic E-state index is 0. The molecule has 0 bridgehead atoms. The van der Waals surface area contributed by atoms with Crippen molar-refractivity contribution in [1.82, 2.24) is 0 Å². The van der Waals surface area contributed by atoms with Crippen LogP contribution in [-0.2, 0) is 16.5 Å². The SMILES string of the molecule is C(=NCC1CCCCC1)=NCC1CCCCC1.C(=NCC1CCCCC1)=NCC1CCCCC1.[Ni+2]. The summed E-state index contributed by atoms with van der Waals surface area (Å²) in [5.74, 6) is 3.28. The maximum Gasteiger partial charge on any atom is 2.00 e. The Morgan fingerprint density at radius 1 is 0.343 bits per heavy atom. The van der Waals surface area contributed by atoms with Gasteiger partial charge in [-0.1, -0.05) is 77.0 Å². The third-order valence-electron chi connectivity index (χ3n) is 8.58. The molecule has 0 aromatic heterocycles. The van der Waals surface area contributed by atoms with Gasteiger partial charge in [-0.3, -0.25) is 0 Å². The fraction of sp³-hybridized carbons (Fsp3) is 0.933. The molecule has 4 nitrogen and oxygen atoms in total.